The molecule has 4 rings (SSSR count). The lowest BCUT2D eigenvalue weighted by atomic mass is 9.89. The second-order valence-corrected chi connectivity index (χ2v) is 8.31. The molecule has 7 heteroatoms. The Labute approximate surface area is 172 Å². The molecule has 1 N–H and O–H groups in total. The topological polar surface area (TPSA) is 88.0 Å². The fraction of sp³-hybridized carbons (Fsp3) is 0.318. The van der Waals surface area contributed by atoms with E-state index >= 15 is 0 Å². The summed E-state index contributed by atoms with van der Waals surface area (Å²) in [7, 11) is 3.13. The normalized spacial score (nSPS) is 16.3. The molecule has 3 aromatic rings. The van der Waals surface area contributed by atoms with Crippen LogP contribution in [0.2, 0.25) is 0 Å². The third-order valence-corrected chi connectivity index (χ3v) is 6.41. The highest BCUT2D eigenvalue weighted by atomic mass is 32.1. The van der Waals surface area contributed by atoms with Crippen molar-refractivity contribution in [2.75, 3.05) is 14.2 Å². The molecule has 0 saturated carbocycles. The highest BCUT2D eigenvalue weighted by Gasteiger charge is 2.23. The van der Waals surface area contributed by atoms with Crippen LogP contribution in [0.3, 0.4) is 0 Å². The van der Waals surface area contributed by atoms with Crippen LogP contribution in [-0.2, 0) is 12.8 Å². The summed E-state index contributed by atoms with van der Waals surface area (Å²) in [5.74, 6) is 2.07. The highest BCUT2D eigenvalue weighted by Crippen LogP contribution is 2.36. The second kappa shape index (κ2) is 7.72. The lowest BCUT2D eigenvalue weighted by Crippen LogP contribution is -2.14. The molecule has 1 aliphatic carbocycles. The summed E-state index contributed by atoms with van der Waals surface area (Å²) >= 11 is 1.57. The molecule has 0 spiro atoms. The number of aromatic nitrogens is 2. The molecule has 0 amide bonds. The summed E-state index contributed by atoms with van der Waals surface area (Å²) < 4.78 is 10.6. The van der Waals surface area contributed by atoms with Crippen molar-refractivity contribution < 1.29 is 9.47 Å². The maximum Gasteiger partial charge on any atom is 0.260 e. The minimum Gasteiger partial charge on any atom is -0.493 e. The van der Waals surface area contributed by atoms with Gasteiger partial charge in [0.05, 0.1) is 25.2 Å². The van der Waals surface area contributed by atoms with Gasteiger partial charge >= 0.3 is 0 Å². The van der Waals surface area contributed by atoms with Gasteiger partial charge in [-0.05, 0) is 54.5 Å². The SMILES string of the molecule is COc1ccc(/C=C(/C#N)c2nc3sc4c(c3c(=O)[nH]2)CC[C@H](C)C4)cc1OC. The monoisotopic (exact) mass is 407 g/mol. The van der Waals surface area contributed by atoms with Crippen LogP contribution in [0.25, 0.3) is 21.9 Å². The molecule has 6 nitrogen and oxygen atoms in total. The van der Waals surface area contributed by atoms with Crippen molar-refractivity contribution in [2.24, 2.45) is 5.92 Å². The Morgan fingerprint density at radius 2 is 2.14 bits per heavy atom. The molecule has 1 atom stereocenters. The van der Waals surface area contributed by atoms with Crippen molar-refractivity contribution >= 4 is 33.2 Å². The van der Waals surface area contributed by atoms with Crippen molar-refractivity contribution in [2.45, 2.75) is 26.2 Å². The molecule has 0 aliphatic heterocycles. The van der Waals surface area contributed by atoms with E-state index in [4.69, 9.17) is 9.47 Å². The predicted molar refractivity (Wildman–Crippen MR) is 114 cm³/mol. The zero-order chi connectivity index (χ0) is 20.5. The van der Waals surface area contributed by atoms with Crippen LogP contribution >= 0.6 is 11.3 Å². The van der Waals surface area contributed by atoms with Crippen molar-refractivity contribution in [1.82, 2.24) is 9.97 Å². The third-order valence-electron chi connectivity index (χ3n) is 5.26. The number of hydrogen-bond acceptors (Lipinski definition) is 6. The summed E-state index contributed by atoms with van der Waals surface area (Å²) in [4.78, 5) is 22.2. The number of hydrogen-bond donors (Lipinski definition) is 1. The predicted octanol–water partition coefficient (Wildman–Crippen LogP) is 4.19. The first-order chi connectivity index (χ1) is 14.0. The number of allylic oxidation sites excluding steroid dienone is 1. The van der Waals surface area contributed by atoms with Crippen molar-refractivity contribution in [3.63, 3.8) is 0 Å². The number of aryl methyl sites for hydroxylation is 1. The van der Waals surface area contributed by atoms with Crippen LogP contribution < -0.4 is 15.0 Å². The van der Waals surface area contributed by atoms with Gasteiger partial charge in [-0.2, -0.15) is 5.26 Å². The van der Waals surface area contributed by atoms with E-state index in [1.165, 1.54) is 4.88 Å². The van der Waals surface area contributed by atoms with Crippen molar-refractivity contribution in [1.29, 1.82) is 5.26 Å². The number of nitriles is 1. The standard InChI is InChI=1S/C22H21N3O3S/c1-12-4-6-15-18(8-12)29-22-19(15)21(26)24-20(25-22)14(11-23)9-13-5-7-16(27-2)17(10-13)28-3/h5,7,9-10,12H,4,6,8H2,1-3H3,(H,24,25,26)/b14-9-/t12-/m0/s1. The van der Waals surface area contributed by atoms with Crippen LogP contribution in [0.1, 0.15) is 35.2 Å². The number of nitrogens with one attached hydrogen (secondary N) is 1. The molecule has 0 bridgehead atoms. The molecule has 0 fully saturated rings. The van der Waals surface area contributed by atoms with Gasteiger partial charge in [-0.25, -0.2) is 4.98 Å². The minimum atomic E-state index is -0.175. The van der Waals surface area contributed by atoms with Crippen LogP contribution in [0.15, 0.2) is 23.0 Å². The summed E-state index contributed by atoms with van der Waals surface area (Å²) in [5.41, 5.74) is 1.99. The van der Waals surface area contributed by atoms with Gasteiger partial charge in [0.25, 0.3) is 5.56 Å². The number of benzene rings is 1. The average molecular weight is 407 g/mol. The molecule has 0 radical (unpaired) electrons. The Hall–Kier alpha value is -3.11. The lowest BCUT2D eigenvalue weighted by Gasteiger charge is -2.17. The number of aromatic amines is 1. The van der Waals surface area contributed by atoms with Gasteiger partial charge in [0.15, 0.2) is 17.3 Å². The number of nitrogens with zero attached hydrogens (tertiary/aromatic N) is 2. The van der Waals surface area contributed by atoms with E-state index in [-0.39, 0.29) is 17.0 Å². The van der Waals surface area contributed by atoms with Crippen LogP contribution in [0.4, 0.5) is 0 Å². The lowest BCUT2D eigenvalue weighted by molar-refractivity contribution is 0.355. The second-order valence-electron chi connectivity index (χ2n) is 7.23. The zero-order valence-electron chi connectivity index (χ0n) is 16.5. The molecule has 1 aliphatic rings. The fourth-order valence-electron chi connectivity index (χ4n) is 3.74. The van der Waals surface area contributed by atoms with Gasteiger partial charge in [-0.3, -0.25) is 4.79 Å². The molecule has 0 unspecified atom stereocenters. The Kier molecular flexibility index (Phi) is 5.12. The largest absolute Gasteiger partial charge is 0.493 e. The van der Waals surface area contributed by atoms with Gasteiger partial charge < -0.3 is 14.5 Å². The maximum absolute atomic E-state index is 12.8. The molecule has 29 heavy (non-hydrogen) atoms. The number of fused-ring (bicyclic) bond motifs is 3. The van der Waals surface area contributed by atoms with E-state index in [0.717, 1.165) is 30.4 Å². The van der Waals surface area contributed by atoms with Gasteiger partial charge in [-0.15, -0.1) is 11.3 Å². The average Bonchev–Trinajstić information content (AvgIpc) is 3.09. The minimum absolute atomic E-state index is 0.175. The summed E-state index contributed by atoms with van der Waals surface area (Å²) in [5, 5.41) is 10.4. The molecule has 1 aromatic carbocycles. The van der Waals surface area contributed by atoms with E-state index in [1.54, 1.807) is 43.8 Å². The van der Waals surface area contributed by atoms with E-state index in [0.29, 0.717) is 27.6 Å². The van der Waals surface area contributed by atoms with Gasteiger partial charge in [0, 0.05) is 4.88 Å². The first-order valence-electron chi connectivity index (χ1n) is 9.42. The zero-order valence-corrected chi connectivity index (χ0v) is 17.4. The van der Waals surface area contributed by atoms with Crippen molar-refractivity contribution in [3.05, 3.63) is 50.4 Å². The van der Waals surface area contributed by atoms with E-state index in [2.05, 4.69) is 23.0 Å². The number of ether oxygens (including phenoxy) is 2. The molecular weight excluding hydrogens is 386 g/mol. The van der Waals surface area contributed by atoms with E-state index in [9.17, 15) is 10.1 Å². The van der Waals surface area contributed by atoms with Gasteiger partial charge in [-0.1, -0.05) is 13.0 Å². The maximum atomic E-state index is 12.8. The molecule has 2 aromatic heterocycles. The summed E-state index contributed by atoms with van der Waals surface area (Å²) in [6.45, 7) is 2.23. The fourth-order valence-corrected chi connectivity index (χ4v) is 5.12. The summed E-state index contributed by atoms with van der Waals surface area (Å²) in [6.07, 6.45) is 4.66. The smallest absolute Gasteiger partial charge is 0.260 e. The molecule has 0 saturated heterocycles. The number of methoxy groups -OCH3 is 2. The van der Waals surface area contributed by atoms with E-state index < -0.39 is 0 Å². The van der Waals surface area contributed by atoms with Gasteiger partial charge in [0.2, 0.25) is 0 Å². The highest BCUT2D eigenvalue weighted by molar-refractivity contribution is 7.18. The number of thiophene rings is 1. The first kappa shape index (κ1) is 19.2. The molecule has 2 heterocycles. The van der Waals surface area contributed by atoms with Crippen LogP contribution in [0, 0.1) is 17.2 Å². The Balaban J connectivity index is 1.79. The molecule has 148 valence electrons. The number of H-pyrrole nitrogens is 1. The summed E-state index contributed by atoms with van der Waals surface area (Å²) in [6, 6.07) is 7.52. The van der Waals surface area contributed by atoms with Gasteiger partial charge in [0.1, 0.15) is 10.9 Å². The Morgan fingerprint density at radius 1 is 1.34 bits per heavy atom. The third kappa shape index (κ3) is 3.52. The quantitative estimate of drug-likeness (QED) is 0.655. The Bertz CT molecular complexity index is 1220. The van der Waals surface area contributed by atoms with Crippen LogP contribution in [-0.4, -0.2) is 24.2 Å². The first-order valence-corrected chi connectivity index (χ1v) is 10.2. The van der Waals surface area contributed by atoms with E-state index in [1.807, 2.05) is 6.07 Å². The van der Waals surface area contributed by atoms with Crippen LogP contribution in [0.5, 0.6) is 11.5 Å². The number of rotatable bonds is 4. The Morgan fingerprint density at radius 3 is 2.86 bits per heavy atom. The molecular formula is C22H21N3O3S. The van der Waals surface area contributed by atoms with Crippen molar-refractivity contribution in [3.8, 4) is 17.6 Å².